The van der Waals surface area contributed by atoms with Crippen LogP contribution in [0.2, 0.25) is 0 Å². The van der Waals surface area contributed by atoms with Gasteiger partial charge in [0.2, 0.25) is 5.16 Å². The molecule has 0 radical (unpaired) electrons. The number of nitrogens with one attached hydrogen (secondary N) is 3. The number of nitrogens with zero attached hydrogens (tertiary/aromatic N) is 2. The van der Waals surface area contributed by atoms with Crippen LogP contribution in [-0.4, -0.2) is 29.7 Å². The molecule has 2 aromatic heterocycles. The Hall–Kier alpha value is -4.12. The van der Waals surface area contributed by atoms with Crippen molar-refractivity contribution < 1.29 is 17.6 Å². The van der Waals surface area contributed by atoms with Gasteiger partial charge in [-0.25, -0.2) is 9.71 Å². The van der Waals surface area contributed by atoms with Gasteiger partial charge in [0.05, 0.1) is 6.26 Å². The Morgan fingerprint density at radius 1 is 1.26 bits per heavy atom. The Morgan fingerprint density at radius 2 is 1.97 bits per heavy atom. The molecule has 11 heteroatoms. The number of amidine groups is 1. The van der Waals surface area contributed by atoms with E-state index in [0.29, 0.717) is 23.2 Å². The topological polar surface area (TPSA) is 156 Å². The summed E-state index contributed by atoms with van der Waals surface area (Å²) in [7, 11) is -2.69. The number of rotatable bonds is 8. The van der Waals surface area contributed by atoms with Crippen LogP contribution in [0.1, 0.15) is 35.2 Å². The number of sulfonamides is 1. The summed E-state index contributed by atoms with van der Waals surface area (Å²) >= 11 is 0. The lowest BCUT2D eigenvalue weighted by Crippen LogP contribution is -2.38. The molecule has 0 saturated heterocycles. The van der Waals surface area contributed by atoms with Crippen molar-refractivity contribution in [3.8, 4) is 0 Å². The maximum atomic E-state index is 13.4. The first-order chi connectivity index (χ1) is 16.6. The third-order valence-electron chi connectivity index (χ3n) is 5.70. The minimum absolute atomic E-state index is 0.0829. The second-order valence-corrected chi connectivity index (χ2v) is 9.76. The average Bonchev–Trinajstić information content (AvgIpc) is 3.43. The number of aromatic nitrogens is 2. The van der Waals surface area contributed by atoms with Crippen LogP contribution in [-0.2, 0) is 28.3 Å². The van der Waals surface area contributed by atoms with E-state index in [2.05, 4.69) is 15.0 Å². The summed E-state index contributed by atoms with van der Waals surface area (Å²) in [6.45, 7) is 3.88. The molecule has 5 N–H and O–H groups in total. The first kappa shape index (κ1) is 24.0. The Bertz CT molecular complexity index is 1520. The van der Waals surface area contributed by atoms with Crippen molar-refractivity contribution in [2.45, 2.75) is 31.5 Å². The van der Waals surface area contributed by atoms with Crippen molar-refractivity contribution in [1.29, 1.82) is 5.41 Å². The monoisotopic (exact) mass is 494 g/mol. The predicted octanol–water partition coefficient (Wildman–Crippen LogP) is 2.98. The van der Waals surface area contributed by atoms with Gasteiger partial charge in [-0.2, -0.15) is 8.42 Å². The number of amides is 1. The summed E-state index contributed by atoms with van der Waals surface area (Å²) in [6.07, 6.45) is 5.13. The maximum Gasteiger partial charge on any atom is 0.298 e. The molecule has 4 rings (SSSR count). The van der Waals surface area contributed by atoms with Crippen molar-refractivity contribution in [1.82, 2.24) is 14.3 Å². The van der Waals surface area contributed by atoms with E-state index in [9.17, 15) is 13.2 Å². The number of hydrogen-bond donors (Lipinski definition) is 4. The quantitative estimate of drug-likeness (QED) is 0.217. The first-order valence-corrected chi connectivity index (χ1v) is 12.3. The molecule has 0 aliphatic rings. The highest BCUT2D eigenvalue weighted by atomic mass is 32.2. The van der Waals surface area contributed by atoms with Crippen LogP contribution in [0.15, 0.2) is 64.6 Å². The zero-order chi connectivity index (χ0) is 25.3. The van der Waals surface area contributed by atoms with Gasteiger partial charge in [0.1, 0.15) is 17.5 Å². The first-order valence-electron chi connectivity index (χ1n) is 10.9. The van der Waals surface area contributed by atoms with Crippen molar-refractivity contribution >= 4 is 38.4 Å². The van der Waals surface area contributed by atoms with E-state index in [1.165, 1.54) is 24.0 Å². The fraction of sp³-hybridized carbons (Fsp3) is 0.208. The molecule has 10 nitrogen and oxygen atoms in total. The normalized spacial score (nSPS) is 12.4. The van der Waals surface area contributed by atoms with Gasteiger partial charge in [-0.05, 0) is 66.4 Å². The van der Waals surface area contributed by atoms with Crippen molar-refractivity contribution in [2.24, 2.45) is 12.8 Å². The number of carbonyl (C=O) groups excluding carboxylic acids is 1. The number of benzene rings is 2. The van der Waals surface area contributed by atoms with Crippen LogP contribution in [0.4, 0.5) is 5.69 Å². The second-order valence-electron chi connectivity index (χ2n) is 8.19. The lowest BCUT2D eigenvalue weighted by molar-refractivity contribution is -0.120. The van der Waals surface area contributed by atoms with E-state index in [-0.39, 0.29) is 11.0 Å². The lowest BCUT2D eigenvalue weighted by atomic mass is 9.98. The van der Waals surface area contributed by atoms with Gasteiger partial charge in [0, 0.05) is 36.1 Å². The molecule has 2 aromatic carbocycles. The Labute approximate surface area is 202 Å². The lowest BCUT2D eigenvalue weighted by Gasteiger charge is -2.21. The number of fused-ring (bicyclic) bond motifs is 1. The molecule has 0 fully saturated rings. The minimum atomic E-state index is -4.22. The Balaban J connectivity index is 1.77. The van der Waals surface area contributed by atoms with Gasteiger partial charge >= 0.3 is 0 Å². The highest BCUT2D eigenvalue weighted by Gasteiger charge is 2.29. The SMILES string of the molecule is CCc1cc(C(Nc2ccc(C(=N)N)cc2)C(=O)NS(=O)(=O)c2nccn2C)cc2c(C)coc12. The zero-order valence-electron chi connectivity index (χ0n) is 19.5. The van der Waals surface area contributed by atoms with Gasteiger partial charge < -0.3 is 20.0 Å². The third kappa shape index (κ3) is 4.76. The molecule has 0 saturated carbocycles. The van der Waals surface area contributed by atoms with E-state index in [4.69, 9.17) is 15.6 Å². The van der Waals surface area contributed by atoms with Crippen LogP contribution >= 0.6 is 0 Å². The summed E-state index contributed by atoms with van der Waals surface area (Å²) in [6, 6.07) is 9.23. The predicted molar refractivity (Wildman–Crippen MR) is 133 cm³/mol. The number of nitrogens with two attached hydrogens (primary N) is 1. The van der Waals surface area contributed by atoms with E-state index in [0.717, 1.165) is 22.1 Å². The van der Waals surface area contributed by atoms with Gasteiger partial charge in [0.15, 0.2) is 0 Å². The molecule has 0 aliphatic heterocycles. The molecule has 1 atom stereocenters. The fourth-order valence-corrected chi connectivity index (χ4v) is 4.96. The van der Waals surface area contributed by atoms with Crippen molar-refractivity contribution in [3.63, 3.8) is 0 Å². The van der Waals surface area contributed by atoms with Gasteiger partial charge in [0.25, 0.3) is 15.9 Å². The molecule has 0 aliphatic carbocycles. The van der Waals surface area contributed by atoms with Crippen molar-refractivity contribution in [2.75, 3.05) is 5.32 Å². The number of imidazole rings is 1. The molecule has 4 aromatic rings. The summed E-state index contributed by atoms with van der Waals surface area (Å²) < 4.78 is 34.9. The molecule has 182 valence electrons. The minimum Gasteiger partial charge on any atom is -0.464 e. The molecular formula is C24H26N6O4S. The third-order valence-corrected chi connectivity index (χ3v) is 7.05. The Morgan fingerprint density at radius 3 is 2.57 bits per heavy atom. The average molecular weight is 495 g/mol. The summed E-state index contributed by atoms with van der Waals surface area (Å²) in [5, 5.41) is 11.3. The molecule has 0 spiro atoms. The van der Waals surface area contributed by atoms with Crippen LogP contribution in [0.3, 0.4) is 0 Å². The number of furan rings is 1. The molecular weight excluding hydrogens is 468 g/mol. The van der Waals surface area contributed by atoms with Crippen LogP contribution in [0, 0.1) is 12.3 Å². The molecule has 2 heterocycles. The van der Waals surface area contributed by atoms with Gasteiger partial charge in [-0.3, -0.25) is 10.2 Å². The number of carbonyl (C=O) groups is 1. The van der Waals surface area contributed by atoms with Gasteiger partial charge in [-0.1, -0.05) is 6.92 Å². The van der Waals surface area contributed by atoms with Crippen molar-refractivity contribution in [3.05, 3.63) is 77.3 Å². The van der Waals surface area contributed by atoms with Crippen LogP contribution in [0.5, 0.6) is 0 Å². The molecule has 35 heavy (non-hydrogen) atoms. The number of nitrogen functional groups attached to an aromatic ring is 1. The number of hydrogen-bond acceptors (Lipinski definition) is 7. The Kier molecular flexibility index (Phi) is 6.35. The van der Waals surface area contributed by atoms with Crippen LogP contribution in [0.25, 0.3) is 11.0 Å². The van der Waals surface area contributed by atoms with E-state index < -0.39 is 22.0 Å². The smallest absolute Gasteiger partial charge is 0.298 e. The number of anilines is 1. The summed E-state index contributed by atoms with van der Waals surface area (Å²) in [5.74, 6) is -0.855. The summed E-state index contributed by atoms with van der Waals surface area (Å²) in [5.41, 5.74) is 9.71. The standard InChI is InChI=1S/C24H26N6O4S/c1-4-15-11-17(12-19-14(2)13-34-21(15)19)20(28-18-7-5-16(6-8-18)22(25)26)23(31)29-35(32,33)24-27-9-10-30(24)3/h5-13,20,28H,4H2,1-3H3,(H3,25,26)(H,29,31). The second kappa shape index (κ2) is 9.26. The number of aryl methyl sites for hydroxylation is 3. The zero-order valence-corrected chi connectivity index (χ0v) is 20.3. The maximum absolute atomic E-state index is 13.4. The fourth-order valence-electron chi connectivity index (χ4n) is 3.85. The van der Waals surface area contributed by atoms with E-state index >= 15 is 0 Å². The highest BCUT2D eigenvalue weighted by molar-refractivity contribution is 7.89. The summed E-state index contributed by atoms with van der Waals surface area (Å²) in [4.78, 5) is 17.3. The largest absolute Gasteiger partial charge is 0.464 e. The molecule has 1 amide bonds. The van der Waals surface area contributed by atoms with E-state index in [1.807, 2.05) is 26.0 Å². The van der Waals surface area contributed by atoms with E-state index in [1.54, 1.807) is 30.5 Å². The highest BCUT2D eigenvalue weighted by Crippen LogP contribution is 2.31. The van der Waals surface area contributed by atoms with Gasteiger partial charge in [-0.15, -0.1) is 0 Å². The molecule has 0 bridgehead atoms. The molecule has 1 unspecified atom stereocenters. The van der Waals surface area contributed by atoms with Crippen LogP contribution < -0.4 is 15.8 Å².